The van der Waals surface area contributed by atoms with E-state index in [4.69, 9.17) is 0 Å². The Balaban J connectivity index is 2.15. The van der Waals surface area contributed by atoms with Crippen LogP contribution in [0.1, 0.15) is 22.4 Å². The van der Waals surface area contributed by atoms with E-state index in [9.17, 15) is 5.26 Å². The first kappa shape index (κ1) is 15.7. The number of rotatable bonds is 3. The molecule has 0 aliphatic carbocycles. The number of likely N-dealkylation sites (N-methyl/N-ethyl adjacent to an activating group) is 2. The average Bonchev–Trinajstić information content (AvgIpc) is 2.46. The van der Waals surface area contributed by atoms with E-state index in [0.29, 0.717) is 11.6 Å². The fourth-order valence-electron chi connectivity index (χ4n) is 2.74. The zero-order chi connectivity index (χ0) is 15.6. The van der Waals surface area contributed by atoms with Crippen LogP contribution in [0, 0.1) is 32.1 Å². The molecule has 21 heavy (non-hydrogen) atoms. The molecule has 0 bridgehead atoms. The molecule has 0 amide bonds. The molecule has 1 saturated heterocycles. The Hall–Kier alpha value is -1.64. The zero-order valence-electron chi connectivity index (χ0n) is 13.7. The van der Waals surface area contributed by atoms with Gasteiger partial charge in [-0.25, -0.2) is 4.98 Å². The lowest BCUT2D eigenvalue weighted by Gasteiger charge is -2.37. The zero-order valence-corrected chi connectivity index (χ0v) is 13.7. The molecule has 1 aromatic heterocycles. The van der Waals surface area contributed by atoms with Crippen molar-refractivity contribution in [1.82, 2.24) is 14.8 Å². The molecule has 2 heterocycles. The van der Waals surface area contributed by atoms with Crippen LogP contribution in [0.4, 0.5) is 5.82 Å². The summed E-state index contributed by atoms with van der Waals surface area (Å²) < 4.78 is 0. The van der Waals surface area contributed by atoms with E-state index in [1.807, 2.05) is 20.8 Å². The van der Waals surface area contributed by atoms with Crippen LogP contribution in [0.3, 0.4) is 0 Å². The third kappa shape index (κ3) is 3.34. The van der Waals surface area contributed by atoms with Gasteiger partial charge in [-0.2, -0.15) is 5.26 Å². The van der Waals surface area contributed by atoms with E-state index in [-0.39, 0.29) is 0 Å². The molecule has 0 aromatic carbocycles. The van der Waals surface area contributed by atoms with Crippen LogP contribution in [-0.2, 0) is 0 Å². The maximum atomic E-state index is 9.40. The molecule has 114 valence electrons. The second-order valence-corrected chi connectivity index (χ2v) is 6.06. The Labute approximate surface area is 127 Å². The van der Waals surface area contributed by atoms with Gasteiger partial charge in [0.05, 0.1) is 5.56 Å². The highest BCUT2D eigenvalue weighted by Crippen LogP contribution is 2.22. The lowest BCUT2D eigenvalue weighted by atomic mass is 10.0. The standard InChI is InChI=1S/C16H25N5/c1-11-12(2)15(8-17)16(19-13(11)3)18-9-14-10-20(4)6-7-21(14)5/h14H,6-7,9-10H2,1-5H3,(H,18,19). The van der Waals surface area contributed by atoms with Gasteiger partial charge < -0.3 is 10.2 Å². The number of hydrogen-bond acceptors (Lipinski definition) is 5. The monoisotopic (exact) mass is 287 g/mol. The van der Waals surface area contributed by atoms with Crippen molar-refractivity contribution >= 4 is 5.82 Å². The molecule has 1 unspecified atom stereocenters. The van der Waals surface area contributed by atoms with Crippen LogP contribution >= 0.6 is 0 Å². The number of nitrogens with zero attached hydrogens (tertiary/aromatic N) is 4. The Morgan fingerprint density at radius 2 is 1.95 bits per heavy atom. The van der Waals surface area contributed by atoms with Gasteiger partial charge in [0.15, 0.2) is 0 Å². The quantitative estimate of drug-likeness (QED) is 0.914. The molecule has 5 nitrogen and oxygen atoms in total. The normalized spacial score (nSPS) is 20.3. The minimum absolute atomic E-state index is 0.444. The van der Waals surface area contributed by atoms with Crippen LogP contribution in [-0.4, -0.2) is 61.1 Å². The molecule has 2 rings (SSSR count). The van der Waals surface area contributed by atoms with Gasteiger partial charge in [-0.3, -0.25) is 4.90 Å². The number of anilines is 1. The smallest absolute Gasteiger partial charge is 0.144 e. The number of aromatic nitrogens is 1. The summed E-state index contributed by atoms with van der Waals surface area (Å²) in [7, 11) is 4.31. The fourth-order valence-corrected chi connectivity index (χ4v) is 2.74. The summed E-state index contributed by atoms with van der Waals surface area (Å²) in [4.78, 5) is 9.28. The number of nitrogens with one attached hydrogen (secondary N) is 1. The molecule has 1 aliphatic heterocycles. The first-order valence-corrected chi connectivity index (χ1v) is 7.44. The average molecular weight is 287 g/mol. The lowest BCUT2D eigenvalue weighted by molar-refractivity contribution is 0.122. The van der Waals surface area contributed by atoms with Gasteiger partial charge in [0.2, 0.25) is 0 Å². The van der Waals surface area contributed by atoms with E-state index < -0.39 is 0 Å². The second-order valence-electron chi connectivity index (χ2n) is 6.06. The molecule has 0 spiro atoms. The van der Waals surface area contributed by atoms with Gasteiger partial charge in [-0.15, -0.1) is 0 Å². The summed E-state index contributed by atoms with van der Waals surface area (Å²) >= 11 is 0. The largest absolute Gasteiger partial charge is 0.367 e. The molecular formula is C16H25N5. The summed E-state index contributed by atoms with van der Waals surface area (Å²) in [6.07, 6.45) is 0. The van der Waals surface area contributed by atoms with Gasteiger partial charge in [-0.1, -0.05) is 0 Å². The number of pyridine rings is 1. The minimum atomic E-state index is 0.444. The van der Waals surface area contributed by atoms with Gasteiger partial charge in [0, 0.05) is 37.9 Å². The SMILES string of the molecule is Cc1nc(NCC2CN(C)CCN2C)c(C#N)c(C)c1C. The Kier molecular flexibility index (Phi) is 4.81. The Bertz CT molecular complexity index is 561. The maximum absolute atomic E-state index is 9.40. The topological polar surface area (TPSA) is 55.2 Å². The van der Waals surface area contributed by atoms with Crippen molar-refractivity contribution in [3.8, 4) is 6.07 Å². The number of nitriles is 1. The first-order valence-electron chi connectivity index (χ1n) is 7.44. The summed E-state index contributed by atoms with van der Waals surface area (Å²) in [6, 6.07) is 2.73. The van der Waals surface area contributed by atoms with Crippen LogP contribution in [0.25, 0.3) is 0 Å². The van der Waals surface area contributed by atoms with Crippen LogP contribution in [0.15, 0.2) is 0 Å². The van der Waals surface area contributed by atoms with E-state index >= 15 is 0 Å². The maximum Gasteiger partial charge on any atom is 0.144 e. The molecule has 5 heteroatoms. The molecule has 0 radical (unpaired) electrons. The predicted octanol–water partition coefficient (Wildman–Crippen LogP) is 1.54. The molecule has 1 aliphatic rings. The Morgan fingerprint density at radius 1 is 1.24 bits per heavy atom. The van der Waals surface area contributed by atoms with Crippen molar-refractivity contribution in [2.24, 2.45) is 0 Å². The molecule has 1 aromatic rings. The van der Waals surface area contributed by atoms with Crippen LogP contribution in [0.2, 0.25) is 0 Å². The fraction of sp³-hybridized carbons (Fsp3) is 0.625. The molecular weight excluding hydrogens is 262 g/mol. The first-order chi connectivity index (χ1) is 9.93. The molecule has 0 saturated carbocycles. The second kappa shape index (κ2) is 6.42. The van der Waals surface area contributed by atoms with Gasteiger partial charge in [0.1, 0.15) is 11.9 Å². The van der Waals surface area contributed by atoms with Gasteiger partial charge in [0.25, 0.3) is 0 Å². The Morgan fingerprint density at radius 3 is 2.62 bits per heavy atom. The minimum Gasteiger partial charge on any atom is -0.367 e. The third-order valence-electron chi connectivity index (χ3n) is 4.59. The number of hydrogen-bond donors (Lipinski definition) is 1. The molecule has 1 N–H and O–H groups in total. The third-order valence-corrected chi connectivity index (χ3v) is 4.59. The lowest BCUT2D eigenvalue weighted by Crippen LogP contribution is -2.52. The predicted molar refractivity (Wildman–Crippen MR) is 85.6 cm³/mol. The summed E-state index contributed by atoms with van der Waals surface area (Å²) in [5.41, 5.74) is 3.79. The van der Waals surface area contributed by atoms with E-state index in [1.165, 1.54) is 0 Å². The summed E-state index contributed by atoms with van der Waals surface area (Å²) in [5, 5.41) is 12.8. The highest BCUT2D eigenvalue weighted by molar-refractivity contribution is 5.58. The highest BCUT2D eigenvalue weighted by Gasteiger charge is 2.22. The van der Waals surface area contributed by atoms with Crippen LogP contribution < -0.4 is 5.32 Å². The van der Waals surface area contributed by atoms with Crippen molar-refractivity contribution in [3.05, 3.63) is 22.4 Å². The van der Waals surface area contributed by atoms with Crippen molar-refractivity contribution in [1.29, 1.82) is 5.26 Å². The van der Waals surface area contributed by atoms with Crippen molar-refractivity contribution < 1.29 is 0 Å². The highest BCUT2D eigenvalue weighted by atomic mass is 15.3. The number of piperazine rings is 1. The van der Waals surface area contributed by atoms with E-state index in [0.717, 1.165) is 48.8 Å². The molecule has 1 fully saturated rings. The van der Waals surface area contributed by atoms with E-state index in [1.54, 1.807) is 0 Å². The van der Waals surface area contributed by atoms with Crippen LogP contribution in [0.5, 0.6) is 0 Å². The van der Waals surface area contributed by atoms with Gasteiger partial charge >= 0.3 is 0 Å². The molecule has 1 atom stereocenters. The van der Waals surface area contributed by atoms with Crippen molar-refractivity contribution in [2.75, 3.05) is 45.6 Å². The van der Waals surface area contributed by atoms with Gasteiger partial charge in [-0.05, 0) is 46.0 Å². The van der Waals surface area contributed by atoms with Crippen molar-refractivity contribution in [2.45, 2.75) is 26.8 Å². The summed E-state index contributed by atoms with van der Waals surface area (Å²) in [6.45, 7) is 10.0. The van der Waals surface area contributed by atoms with Crippen molar-refractivity contribution in [3.63, 3.8) is 0 Å². The number of aryl methyl sites for hydroxylation is 1. The summed E-state index contributed by atoms with van der Waals surface area (Å²) in [5.74, 6) is 0.722. The van der Waals surface area contributed by atoms with E-state index in [2.05, 4.69) is 40.3 Å².